The van der Waals surface area contributed by atoms with Gasteiger partial charge in [0.1, 0.15) is 11.4 Å². The molecular formula is C22H19F3N2O2. The van der Waals surface area contributed by atoms with Crippen LogP contribution in [0.15, 0.2) is 49.0 Å². The number of halogens is 3. The summed E-state index contributed by atoms with van der Waals surface area (Å²) in [5.74, 6) is -1.47. The minimum Gasteiger partial charge on any atom is -0.497 e. The quantitative estimate of drug-likeness (QED) is 0.789. The van der Waals surface area contributed by atoms with E-state index in [4.69, 9.17) is 4.74 Å². The molecule has 1 saturated carbocycles. The van der Waals surface area contributed by atoms with Gasteiger partial charge in [-0.15, -0.1) is 0 Å². The first kappa shape index (κ1) is 18.2. The Bertz CT molecular complexity index is 1050. The molecule has 5 rings (SSSR count). The predicted molar refractivity (Wildman–Crippen MR) is 103 cm³/mol. The number of fused-ring (bicyclic) bond motifs is 2. The predicted octanol–water partition coefficient (Wildman–Crippen LogP) is 4.02. The fourth-order valence-electron chi connectivity index (χ4n) is 5.29. The van der Waals surface area contributed by atoms with Crippen LogP contribution >= 0.6 is 0 Å². The molecule has 1 aliphatic carbocycles. The smallest absolute Gasteiger partial charge is 0.471 e. The Balaban J connectivity index is 1.58. The van der Waals surface area contributed by atoms with Gasteiger partial charge in [0.2, 0.25) is 0 Å². The maximum Gasteiger partial charge on any atom is 0.471 e. The zero-order valence-electron chi connectivity index (χ0n) is 15.7. The third-order valence-electron chi connectivity index (χ3n) is 6.57. The second-order valence-corrected chi connectivity index (χ2v) is 7.87. The van der Waals surface area contributed by atoms with Gasteiger partial charge in [0.15, 0.2) is 0 Å². The van der Waals surface area contributed by atoms with Crippen molar-refractivity contribution in [3.8, 4) is 5.75 Å². The Morgan fingerprint density at radius 1 is 1.34 bits per heavy atom. The lowest BCUT2D eigenvalue weighted by Gasteiger charge is -2.41. The van der Waals surface area contributed by atoms with Gasteiger partial charge in [-0.25, -0.2) is 0 Å². The highest BCUT2D eigenvalue weighted by atomic mass is 19.4. The van der Waals surface area contributed by atoms with Crippen LogP contribution in [0.4, 0.5) is 18.9 Å². The summed E-state index contributed by atoms with van der Waals surface area (Å²) in [7, 11) is 1.51. The number of benzene rings is 2. The molecule has 0 bridgehead atoms. The van der Waals surface area contributed by atoms with Crippen LogP contribution in [0.25, 0.3) is 6.08 Å². The summed E-state index contributed by atoms with van der Waals surface area (Å²) in [5, 5.41) is 3.31. The van der Waals surface area contributed by atoms with Crippen molar-refractivity contribution in [2.24, 2.45) is 0 Å². The summed E-state index contributed by atoms with van der Waals surface area (Å²) in [6, 6.07) is 12.6. The summed E-state index contributed by atoms with van der Waals surface area (Å²) < 4.78 is 45.7. The number of nitrogens with zero attached hydrogens (tertiary/aromatic N) is 1. The van der Waals surface area contributed by atoms with Crippen molar-refractivity contribution in [3.63, 3.8) is 0 Å². The van der Waals surface area contributed by atoms with Crippen molar-refractivity contribution in [3.05, 3.63) is 65.7 Å². The Labute approximate surface area is 166 Å². The highest BCUT2D eigenvalue weighted by Gasteiger charge is 2.86. The monoisotopic (exact) mass is 400 g/mol. The second kappa shape index (κ2) is 5.63. The normalized spacial score (nSPS) is 28.7. The van der Waals surface area contributed by atoms with Gasteiger partial charge in [-0.1, -0.05) is 36.9 Å². The highest BCUT2D eigenvalue weighted by Crippen LogP contribution is 2.73. The fraction of sp³-hybridized carbons (Fsp3) is 0.318. The van der Waals surface area contributed by atoms with E-state index in [0.29, 0.717) is 24.3 Å². The molecule has 1 spiro atoms. The average molecular weight is 400 g/mol. The Hall–Kier alpha value is -2.80. The van der Waals surface area contributed by atoms with Crippen molar-refractivity contribution < 1.29 is 22.7 Å². The van der Waals surface area contributed by atoms with E-state index in [9.17, 15) is 18.0 Å². The van der Waals surface area contributed by atoms with E-state index in [1.807, 2.05) is 24.3 Å². The third-order valence-corrected chi connectivity index (χ3v) is 6.57. The summed E-state index contributed by atoms with van der Waals surface area (Å²) in [6.07, 6.45) is -2.03. The van der Waals surface area contributed by atoms with Crippen molar-refractivity contribution in [2.45, 2.75) is 36.1 Å². The maximum absolute atomic E-state index is 13.5. The van der Waals surface area contributed by atoms with Gasteiger partial charge in [0, 0.05) is 11.6 Å². The molecule has 29 heavy (non-hydrogen) atoms. The molecule has 2 fully saturated rings. The lowest BCUT2D eigenvalue weighted by molar-refractivity contribution is -0.171. The zero-order valence-corrected chi connectivity index (χ0v) is 15.7. The van der Waals surface area contributed by atoms with Gasteiger partial charge in [0.05, 0.1) is 12.6 Å². The van der Waals surface area contributed by atoms with E-state index in [2.05, 4.69) is 11.9 Å². The number of amides is 1. The summed E-state index contributed by atoms with van der Waals surface area (Å²) >= 11 is 0. The number of methoxy groups -OCH3 is 1. The topological polar surface area (TPSA) is 51.5 Å². The molecule has 1 saturated heterocycles. The number of carbonyl (C=O) groups is 1. The van der Waals surface area contributed by atoms with Gasteiger partial charge in [0.25, 0.3) is 0 Å². The number of rotatable bonds is 4. The minimum absolute atomic E-state index is 0.199. The molecular weight excluding hydrogens is 381 g/mol. The summed E-state index contributed by atoms with van der Waals surface area (Å²) in [6.45, 7) is 3.82. The van der Waals surface area contributed by atoms with E-state index in [0.717, 1.165) is 21.6 Å². The standard InChI is InChI=1S/C22H19F3N2O2/c1-3-13-6-4-5-7-14(13)11-20-12-17-16-10-15(29-2)8-9-18(16)27(21(17,20)26-20)19(28)22(23,24)25/h3-10,17,26H,1,11-12H2,2H3/t17?,20-,21?/m1/s1. The molecule has 3 aliphatic rings. The molecule has 0 radical (unpaired) electrons. The van der Waals surface area contributed by atoms with Crippen LogP contribution in [-0.2, 0) is 11.2 Å². The molecule has 4 nitrogen and oxygen atoms in total. The number of anilines is 1. The SMILES string of the molecule is C=Cc1ccccc1C[C@@]12CC3c4cc(OC)ccc4N(C(=O)C(F)(F)F)C31N2. The van der Waals surface area contributed by atoms with Crippen LogP contribution < -0.4 is 15.0 Å². The summed E-state index contributed by atoms with van der Waals surface area (Å²) in [5.41, 5.74) is 1.35. The van der Waals surface area contributed by atoms with Gasteiger partial charge < -0.3 is 4.74 Å². The lowest BCUT2D eigenvalue weighted by atomic mass is 9.66. The van der Waals surface area contributed by atoms with Crippen molar-refractivity contribution >= 4 is 17.7 Å². The van der Waals surface area contributed by atoms with Gasteiger partial charge in [-0.05, 0) is 47.7 Å². The van der Waals surface area contributed by atoms with Gasteiger partial charge in [-0.2, -0.15) is 13.2 Å². The van der Waals surface area contributed by atoms with E-state index in [1.54, 1.807) is 24.3 Å². The van der Waals surface area contributed by atoms with Gasteiger partial charge in [-0.3, -0.25) is 15.0 Å². The van der Waals surface area contributed by atoms with Crippen molar-refractivity contribution in [1.82, 2.24) is 5.32 Å². The van der Waals surface area contributed by atoms with Crippen LogP contribution in [-0.4, -0.2) is 30.4 Å². The lowest BCUT2D eigenvalue weighted by Crippen LogP contribution is -2.58. The molecule has 2 aliphatic heterocycles. The number of ether oxygens (including phenoxy) is 1. The van der Waals surface area contributed by atoms with Crippen LogP contribution in [0.3, 0.4) is 0 Å². The van der Waals surface area contributed by atoms with Crippen molar-refractivity contribution in [2.75, 3.05) is 12.0 Å². The van der Waals surface area contributed by atoms with Crippen LogP contribution in [0.5, 0.6) is 5.75 Å². The van der Waals surface area contributed by atoms with Gasteiger partial charge >= 0.3 is 12.1 Å². The molecule has 1 amide bonds. The van der Waals surface area contributed by atoms with E-state index in [-0.39, 0.29) is 5.92 Å². The molecule has 3 atom stereocenters. The highest BCUT2D eigenvalue weighted by molar-refractivity contribution is 6.03. The number of hydrogen-bond donors (Lipinski definition) is 1. The molecule has 2 aromatic carbocycles. The Kier molecular flexibility index (Phi) is 3.54. The second-order valence-electron chi connectivity index (χ2n) is 7.87. The average Bonchev–Trinajstić information content (AvgIpc) is 3.09. The molecule has 2 unspecified atom stereocenters. The molecule has 2 aromatic rings. The number of carbonyl (C=O) groups excluding carboxylic acids is 1. The minimum atomic E-state index is -4.95. The third kappa shape index (κ3) is 2.22. The molecule has 2 heterocycles. The number of hydrogen-bond acceptors (Lipinski definition) is 3. The Morgan fingerprint density at radius 2 is 2.10 bits per heavy atom. The van der Waals surface area contributed by atoms with Crippen molar-refractivity contribution in [1.29, 1.82) is 0 Å². The fourth-order valence-corrected chi connectivity index (χ4v) is 5.29. The van der Waals surface area contributed by atoms with E-state index < -0.39 is 23.3 Å². The number of alkyl halides is 3. The maximum atomic E-state index is 13.5. The summed E-state index contributed by atoms with van der Waals surface area (Å²) in [4.78, 5) is 13.4. The Morgan fingerprint density at radius 3 is 2.79 bits per heavy atom. The number of nitrogens with one attached hydrogen (secondary N) is 1. The van der Waals surface area contributed by atoms with Crippen LogP contribution in [0.1, 0.15) is 29.0 Å². The van der Waals surface area contributed by atoms with E-state index in [1.165, 1.54) is 7.11 Å². The zero-order chi connectivity index (χ0) is 20.6. The first-order chi connectivity index (χ1) is 13.8. The molecule has 0 aromatic heterocycles. The molecule has 150 valence electrons. The van der Waals surface area contributed by atoms with Crippen LogP contribution in [0, 0.1) is 0 Å². The first-order valence-electron chi connectivity index (χ1n) is 9.36. The molecule has 1 N–H and O–H groups in total. The first-order valence-corrected chi connectivity index (χ1v) is 9.36. The molecule has 7 heteroatoms. The van der Waals surface area contributed by atoms with E-state index >= 15 is 0 Å². The van der Waals surface area contributed by atoms with Crippen LogP contribution in [0.2, 0.25) is 0 Å². The largest absolute Gasteiger partial charge is 0.497 e.